The van der Waals surface area contributed by atoms with Gasteiger partial charge in [-0.1, -0.05) is 49.4 Å². The Labute approximate surface area is 263 Å². The van der Waals surface area contributed by atoms with Crippen LogP contribution in [0.1, 0.15) is 64.9 Å². The van der Waals surface area contributed by atoms with E-state index in [1.807, 2.05) is 42.6 Å². The van der Waals surface area contributed by atoms with Gasteiger partial charge < -0.3 is 25.2 Å². The molecule has 2 aromatic heterocycles. The molecule has 5 rings (SSSR count). The van der Waals surface area contributed by atoms with E-state index in [0.29, 0.717) is 30.5 Å². The number of aromatic hydroxyl groups is 1. The fourth-order valence-electron chi connectivity index (χ4n) is 5.53. The molecule has 10 heteroatoms. The van der Waals surface area contributed by atoms with Crippen LogP contribution in [0.15, 0.2) is 73.1 Å². The zero-order valence-corrected chi connectivity index (χ0v) is 25.6. The standard InChI is InChI=1S/C35H39N5O5/c1-3-30(35(43)44)38-34(42)32-33(41)23(2)37-31(39-32)19-25-13-15-40(16-14-25)28-11-9-24(10-12-28)17-27-18-29(21-36-20-27)45-22-26-7-5-4-6-8-26/h4-12,18,20-21,25,30,41H,3,13-17,19,22H2,1-2H3,(H,38,42)(H,43,44). The normalized spacial score (nSPS) is 14.1. The molecule has 10 nitrogen and oxygen atoms in total. The molecule has 4 aromatic rings. The molecule has 1 amide bonds. The Bertz CT molecular complexity index is 1610. The number of ether oxygens (including phenoxy) is 1. The van der Waals surface area contributed by atoms with E-state index in [1.54, 1.807) is 20.0 Å². The Balaban J connectivity index is 1.13. The lowest BCUT2D eigenvalue weighted by Crippen LogP contribution is -2.40. The number of amides is 1. The average Bonchev–Trinajstić information content (AvgIpc) is 3.05. The van der Waals surface area contributed by atoms with Gasteiger partial charge in [0, 0.05) is 31.4 Å². The molecule has 0 spiro atoms. The third-order valence-corrected chi connectivity index (χ3v) is 8.15. The highest BCUT2D eigenvalue weighted by Crippen LogP contribution is 2.27. The lowest BCUT2D eigenvalue weighted by molar-refractivity contribution is -0.139. The summed E-state index contributed by atoms with van der Waals surface area (Å²) in [6, 6.07) is 19.7. The second-order valence-corrected chi connectivity index (χ2v) is 11.5. The van der Waals surface area contributed by atoms with Crippen molar-refractivity contribution in [2.75, 3.05) is 18.0 Å². The minimum Gasteiger partial charge on any atom is -0.504 e. The molecule has 234 valence electrons. The molecule has 3 N–H and O–H groups in total. The van der Waals surface area contributed by atoms with E-state index in [1.165, 1.54) is 11.3 Å². The third-order valence-electron chi connectivity index (χ3n) is 8.15. The van der Waals surface area contributed by atoms with Crippen molar-refractivity contribution in [2.45, 2.75) is 58.6 Å². The number of hydrogen-bond acceptors (Lipinski definition) is 8. The summed E-state index contributed by atoms with van der Waals surface area (Å²) in [6.45, 7) is 5.56. The van der Waals surface area contributed by atoms with E-state index in [2.05, 4.69) is 49.4 Å². The highest BCUT2D eigenvalue weighted by molar-refractivity contribution is 5.97. The molecule has 1 atom stereocenters. The van der Waals surface area contributed by atoms with Crippen molar-refractivity contribution < 1.29 is 24.5 Å². The van der Waals surface area contributed by atoms with Crippen molar-refractivity contribution >= 4 is 17.6 Å². The number of nitrogens with zero attached hydrogens (tertiary/aromatic N) is 4. The zero-order valence-electron chi connectivity index (χ0n) is 25.6. The Morgan fingerprint density at radius 3 is 2.42 bits per heavy atom. The molecule has 0 radical (unpaired) electrons. The van der Waals surface area contributed by atoms with Gasteiger partial charge in [0.25, 0.3) is 5.91 Å². The van der Waals surface area contributed by atoms with Crippen molar-refractivity contribution in [3.05, 3.63) is 107 Å². The minimum atomic E-state index is -1.13. The first-order valence-corrected chi connectivity index (χ1v) is 15.3. The molecular formula is C35H39N5O5. The number of hydrogen-bond donors (Lipinski definition) is 3. The van der Waals surface area contributed by atoms with Gasteiger partial charge in [0.15, 0.2) is 11.4 Å². The van der Waals surface area contributed by atoms with Gasteiger partial charge in [-0.2, -0.15) is 0 Å². The molecule has 2 aromatic carbocycles. The highest BCUT2D eigenvalue weighted by Gasteiger charge is 2.25. The van der Waals surface area contributed by atoms with Gasteiger partial charge in [-0.15, -0.1) is 0 Å². The van der Waals surface area contributed by atoms with Gasteiger partial charge in [-0.3, -0.25) is 9.78 Å². The predicted octanol–water partition coefficient (Wildman–Crippen LogP) is 5.11. The van der Waals surface area contributed by atoms with Crippen molar-refractivity contribution in [3.63, 3.8) is 0 Å². The van der Waals surface area contributed by atoms with E-state index in [4.69, 9.17) is 4.74 Å². The summed E-state index contributed by atoms with van der Waals surface area (Å²) >= 11 is 0. The Morgan fingerprint density at radius 1 is 1.00 bits per heavy atom. The van der Waals surface area contributed by atoms with E-state index in [-0.39, 0.29) is 17.9 Å². The second kappa shape index (κ2) is 14.7. The van der Waals surface area contributed by atoms with Crippen LogP contribution in [-0.2, 0) is 24.2 Å². The van der Waals surface area contributed by atoms with Gasteiger partial charge in [0.05, 0.1) is 11.9 Å². The number of benzene rings is 2. The fraction of sp³-hybridized carbons (Fsp3) is 0.343. The van der Waals surface area contributed by atoms with Gasteiger partial charge in [0.2, 0.25) is 0 Å². The number of anilines is 1. The first-order valence-electron chi connectivity index (χ1n) is 15.3. The Morgan fingerprint density at radius 2 is 1.73 bits per heavy atom. The number of nitrogens with one attached hydrogen (secondary N) is 1. The van der Waals surface area contributed by atoms with Crippen LogP contribution in [-0.4, -0.2) is 56.2 Å². The van der Waals surface area contributed by atoms with E-state index in [0.717, 1.165) is 49.2 Å². The van der Waals surface area contributed by atoms with Crippen LogP contribution in [0.3, 0.4) is 0 Å². The van der Waals surface area contributed by atoms with Gasteiger partial charge in [-0.05, 0) is 73.4 Å². The maximum atomic E-state index is 12.7. The Hall–Kier alpha value is -4.99. The first-order chi connectivity index (χ1) is 21.8. The smallest absolute Gasteiger partial charge is 0.326 e. The maximum absolute atomic E-state index is 12.7. The number of aryl methyl sites for hydroxylation is 1. The van der Waals surface area contributed by atoms with Crippen LogP contribution in [0.25, 0.3) is 0 Å². The second-order valence-electron chi connectivity index (χ2n) is 11.5. The van der Waals surface area contributed by atoms with E-state index >= 15 is 0 Å². The van der Waals surface area contributed by atoms with E-state index in [9.17, 15) is 19.8 Å². The summed E-state index contributed by atoms with van der Waals surface area (Å²) in [5, 5.41) is 22.1. The van der Waals surface area contributed by atoms with Crippen molar-refractivity contribution in [1.29, 1.82) is 0 Å². The monoisotopic (exact) mass is 609 g/mol. The molecule has 1 fully saturated rings. The Kier molecular flexibility index (Phi) is 10.2. The van der Waals surface area contributed by atoms with Gasteiger partial charge >= 0.3 is 5.97 Å². The lowest BCUT2D eigenvalue weighted by atomic mass is 9.92. The van der Waals surface area contributed by atoms with Crippen molar-refractivity contribution in [3.8, 4) is 11.5 Å². The molecule has 0 saturated carbocycles. The molecule has 0 bridgehead atoms. The number of piperidine rings is 1. The number of rotatable bonds is 12. The van der Waals surface area contributed by atoms with Crippen LogP contribution < -0.4 is 15.0 Å². The third kappa shape index (κ3) is 8.35. The van der Waals surface area contributed by atoms with E-state index < -0.39 is 17.9 Å². The molecule has 1 saturated heterocycles. The number of carbonyl (C=O) groups is 2. The number of carboxylic acids is 1. The highest BCUT2D eigenvalue weighted by atomic mass is 16.5. The summed E-state index contributed by atoms with van der Waals surface area (Å²) < 4.78 is 5.94. The van der Waals surface area contributed by atoms with Crippen molar-refractivity contribution in [1.82, 2.24) is 20.3 Å². The molecule has 1 unspecified atom stereocenters. The average molecular weight is 610 g/mol. The predicted molar refractivity (Wildman–Crippen MR) is 171 cm³/mol. The summed E-state index contributed by atoms with van der Waals surface area (Å²) in [6.07, 6.45) is 7.05. The maximum Gasteiger partial charge on any atom is 0.326 e. The van der Waals surface area contributed by atoms with Crippen LogP contribution in [0.2, 0.25) is 0 Å². The topological polar surface area (TPSA) is 138 Å². The summed E-state index contributed by atoms with van der Waals surface area (Å²) in [4.78, 5) is 39.5. The minimum absolute atomic E-state index is 0.183. The molecule has 3 heterocycles. The number of carbonyl (C=O) groups excluding carboxylic acids is 1. The first kappa shape index (κ1) is 31.4. The molecule has 1 aliphatic rings. The molecule has 1 aliphatic heterocycles. The SMILES string of the molecule is CCC(NC(=O)c1nc(CC2CCN(c3ccc(Cc4cncc(OCc5ccccc5)c4)cc3)CC2)nc(C)c1O)C(=O)O. The summed E-state index contributed by atoms with van der Waals surface area (Å²) in [7, 11) is 0. The zero-order chi connectivity index (χ0) is 31.8. The van der Waals surface area contributed by atoms with Gasteiger partial charge in [0.1, 0.15) is 24.2 Å². The van der Waals surface area contributed by atoms with Crippen LogP contribution in [0, 0.1) is 12.8 Å². The molecule has 0 aliphatic carbocycles. The van der Waals surface area contributed by atoms with Crippen LogP contribution in [0.5, 0.6) is 11.5 Å². The number of aromatic nitrogens is 3. The number of carboxylic acid groups (broad SMARTS) is 1. The van der Waals surface area contributed by atoms with Crippen LogP contribution >= 0.6 is 0 Å². The molecule has 45 heavy (non-hydrogen) atoms. The fourth-order valence-corrected chi connectivity index (χ4v) is 5.53. The summed E-state index contributed by atoms with van der Waals surface area (Å²) in [5.74, 6) is -0.615. The lowest BCUT2D eigenvalue weighted by Gasteiger charge is -2.33. The number of aliphatic carboxylic acids is 1. The quantitative estimate of drug-likeness (QED) is 0.200. The van der Waals surface area contributed by atoms with Crippen LogP contribution in [0.4, 0.5) is 5.69 Å². The molecular weight excluding hydrogens is 570 g/mol. The van der Waals surface area contributed by atoms with Gasteiger partial charge in [-0.25, -0.2) is 14.8 Å². The summed E-state index contributed by atoms with van der Waals surface area (Å²) in [5.41, 5.74) is 4.70. The largest absolute Gasteiger partial charge is 0.504 e. The number of pyridine rings is 1. The van der Waals surface area contributed by atoms with Crippen molar-refractivity contribution in [2.24, 2.45) is 5.92 Å².